The van der Waals surface area contributed by atoms with Crippen LogP contribution in [0.3, 0.4) is 0 Å². The third kappa shape index (κ3) is 14.6. The van der Waals surface area contributed by atoms with E-state index in [9.17, 15) is 4.21 Å². The summed E-state index contributed by atoms with van der Waals surface area (Å²) >= 11 is 5.75. The second kappa shape index (κ2) is 14.8. The second-order valence-corrected chi connectivity index (χ2v) is 7.51. The van der Waals surface area contributed by atoms with Crippen molar-refractivity contribution in [3.63, 3.8) is 0 Å². The van der Waals surface area contributed by atoms with Crippen LogP contribution in [0, 0.1) is 0 Å². The van der Waals surface area contributed by atoms with Crippen molar-refractivity contribution in [2.24, 2.45) is 0 Å². The zero-order valence-corrected chi connectivity index (χ0v) is 14.0. The first-order valence-electron chi connectivity index (χ1n) is 7.80. The lowest BCUT2D eigenvalue weighted by atomic mass is 10.1. The topological polar surface area (TPSA) is 37.3 Å². The standard InChI is InChI=1S/C15H31ClO2S/c1-2-3-4-5-6-7-8-9-10-11-12-19(18)14-15(16)13-17/h15,17H,2-14H2,1H3/t15-,19-/m0/s1. The highest BCUT2D eigenvalue weighted by molar-refractivity contribution is 7.85. The molecule has 0 amide bonds. The van der Waals surface area contributed by atoms with Gasteiger partial charge in [0.1, 0.15) is 0 Å². The van der Waals surface area contributed by atoms with Gasteiger partial charge in [-0.15, -0.1) is 11.6 Å². The molecule has 0 aromatic rings. The van der Waals surface area contributed by atoms with Crippen molar-refractivity contribution in [2.45, 2.75) is 76.5 Å². The number of aliphatic hydroxyl groups is 1. The maximum Gasteiger partial charge on any atom is 0.0682 e. The minimum absolute atomic E-state index is 0.0780. The normalized spacial score (nSPS) is 14.5. The van der Waals surface area contributed by atoms with Crippen LogP contribution < -0.4 is 0 Å². The predicted octanol–water partition coefficient (Wildman–Crippen LogP) is 4.26. The number of halogens is 1. The van der Waals surface area contributed by atoms with Crippen molar-refractivity contribution >= 4 is 22.4 Å². The molecule has 0 aromatic carbocycles. The summed E-state index contributed by atoms with van der Waals surface area (Å²) in [7, 11) is -0.855. The van der Waals surface area contributed by atoms with Crippen LogP contribution in [0.4, 0.5) is 0 Å². The molecule has 0 heterocycles. The fourth-order valence-corrected chi connectivity index (χ4v) is 3.71. The van der Waals surface area contributed by atoms with Gasteiger partial charge in [0.25, 0.3) is 0 Å². The molecule has 1 N–H and O–H groups in total. The van der Waals surface area contributed by atoms with Gasteiger partial charge in [0.15, 0.2) is 0 Å². The Morgan fingerprint density at radius 3 is 1.89 bits per heavy atom. The average molecular weight is 311 g/mol. The zero-order chi connectivity index (χ0) is 14.3. The molecule has 0 spiro atoms. The summed E-state index contributed by atoms with van der Waals surface area (Å²) in [4.78, 5) is 0. The SMILES string of the molecule is CCCCCCCCCCCC[S@](=O)C[C@@H](Cl)CO. The number of rotatable bonds is 14. The molecule has 0 aliphatic carbocycles. The summed E-state index contributed by atoms with van der Waals surface area (Å²) in [6, 6.07) is 0. The summed E-state index contributed by atoms with van der Waals surface area (Å²) in [5.41, 5.74) is 0. The molecule has 2 atom stereocenters. The van der Waals surface area contributed by atoms with Crippen molar-refractivity contribution in [1.29, 1.82) is 0 Å². The van der Waals surface area contributed by atoms with E-state index in [1.807, 2.05) is 0 Å². The van der Waals surface area contributed by atoms with E-state index in [0.717, 1.165) is 12.2 Å². The summed E-state index contributed by atoms with van der Waals surface area (Å²) in [5.74, 6) is 1.16. The van der Waals surface area contributed by atoms with Crippen LogP contribution in [0.5, 0.6) is 0 Å². The van der Waals surface area contributed by atoms with E-state index >= 15 is 0 Å². The average Bonchev–Trinajstić information content (AvgIpc) is 2.40. The lowest BCUT2D eigenvalue weighted by Gasteiger charge is -2.06. The van der Waals surface area contributed by atoms with Crippen LogP contribution in [0.1, 0.15) is 71.1 Å². The third-order valence-corrected chi connectivity index (χ3v) is 5.28. The summed E-state index contributed by atoms with van der Waals surface area (Å²) in [6.45, 7) is 2.17. The number of hydrogen-bond donors (Lipinski definition) is 1. The van der Waals surface area contributed by atoms with Gasteiger partial charge in [-0.25, -0.2) is 0 Å². The molecule has 0 fully saturated rings. The van der Waals surface area contributed by atoms with E-state index in [1.165, 1.54) is 57.8 Å². The van der Waals surface area contributed by atoms with Crippen LogP contribution in [0.15, 0.2) is 0 Å². The van der Waals surface area contributed by atoms with E-state index in [-0.39, 0.29) is 12.0 Å². The van der Waals surface area contributed by atoms with E-state index in [0.29, 0.717) is 5.75 Å². The van der Waals surface area contributed by atoms with E-state index in [1.54, 1.807) is 0 Å². The zero-order valence-electron chi connectivity index (χ0n) is 12.4. The monoisotopic (exact) mass is 310 g/mol. The van der Waals surface area contributed by atoms with Crippen LogP contribution in [-0.4, -0.2) is 32.8 Å². The molecule has 0 aliphatic rings. The Kier molecular flexibility index (Phi) is 15.1. The number of unbranched alkanes of at least 4 members (excludes halogenated alkanes) is 9. The Hall–Kier alpha value is 0.400. The summed E-state index contributed by atoms with van der Waals surface area (Å²) in [5, 5.41) is 8.42. The molecule has 0 unspecified atom stereocenters. The van der Waals surface area contributed by atoms with E-state index < -0.39 is 10.8 Å². The van der Waals surface area contributed by atoms with Crippen LogP contribution in [-0.2, 0) is 10.8 Å². The minimum atomic E-state index is -0.855. The maximum absolute atomic E-state index is 11.6. The van der Waals surface area contributed by atoms with Gasteiger partial charge in [-0.3, -0.25) is 4.21 Å². The highest BCUT2D eigenvalue weighted by atomic mass is 35.5. The van der Waals surface area contributed by atoms with E-state index in [4.69, 9.17) is 16.7 Å². The highest BCUT2D eigenvalue weighted by Crippen LogP contribution is 2.11. The molecule has 116 valence electrons. The van der Waals surface area contributed by atoms with Gasteiger partial charge in [0, 0.05) is 22.3 Å². The van der Waals surface area contributed by atoms with Crippen LogP contribution >= 0.6 is 11.6 Å². The predicted molar refractivity (Wildman–Crippen MR) is 86.4 cm³/mol. The Morgan fingerprint density at radius 2 is 1.42 bits per heavy atom. The molecule has 19 heavy (non-hydrogen) atoms. The molecule has 4 heteroatoms. The largest absolute Gasteiger partial charge is 0.395 e. The van der Waals surface area contributed by atoms with Crippen molar-refractivity contribution in [3.8, 4) is 0 Å². The summed E-state index contributed by atoms with van der Waals surface area (Å²) < 4.78 is 11.6. The van der Waals surface area contributed by atoms with Gasteiger partial charge < -0.3 is 5.11 Å². The van der Waals surface area contributed by atoms with Crippen molar-refractivity contribution in [2.75, 3.05) is 18.1 Å². The lowest BCUT2D eigenvalue weighted by Crippen LogP contribution is -2.16. The number of aliphatic hydroxyl groups excluding tert-OH is 1. The molecule has 0 aliphatic heterocycles. The molecule has 0 aromatic heterocycles. The Morgan fingerprint density at radius 1 is 0.947 bits per heavy atom. The fourth-order valence-electron chi connectivity index (χ4n) is 2.09. The van der Waals surface area contributed by atoms with Gasteiger partial charge in [0.2, 0.25) is 0 Å². The second-order valence-electron chi connectivity index (χ2n) is 5.27. The number of alkyl halides is 1. The van der Waals surface area contributed by atoms with Crippen molar-refractivity contribution in [1.82, 2.24) is 0 Å². The Balaban J connectivity index is 3.16. The smallest absolute Gasteiger partial charge is 0.0682 e. The van der Waals surface area contributed by atoms with Gasteiger partial charge >= 0.3 is 0 Å². The molecule has 0 radical (unpaired) electrons. The first kappa shape index (κ1) is 19.4. The lowest BCUT2D eigenvalue weighted by molar-refractivity contribution is 0.299. The van der Waals surface area contributed by atoms with Crippen molar-refractivity contribution < 1.29 is 9.32 Å². The Labute approximate surface area is 126 Å². The van der Waals surface area contributed by atoms with Gasteiger partial charge in [-0.2, -0.15) is 0 Å². The van der Waals surface area contributed by atoms with Gasteiger partial charge in [0.05, 0.1) is 12.0 Å². The van der Waals surface area contributed by atoms with E-state index in [2.05, 4.69) is 6.92 Å². The fraction of sp³-hybridized carbons (Fsp3) is 1.00. The quantitative estimate of drug-likeness (QED) is 0.384. The highest BCUT2D eigenvalue weighted by Gasteiger charge is 2.07. The molecular weight excluding hydrogens is 280 g/mol. The molecule has 2 nitrogen and oxygen atoms in total. The van der Waals surface area contributed by atoms with Gasteiger partial charge in [-0.1, -0.05) is 64.7 Å². The molecule has 0 saturated heterocycles. The van der Waals surface area contributed by atoms with Crippen molar-refractivity contribution in [3.05, 3.63) is 0 Å². The minimum Gasteiger partial charge on any atom is -0.395 e. The van der Waals surface area contributed by atoms with Crippen LogP contribution in [0.25, 0.3) is 0 Å². The molecule has 0 bridgehead atoms. The third-order valence-electron chi connectivity index (χ3n) is 3.29. The first-order chi connectivity index (χ1) is 9.20. The number of hydrogen-bond acceptors (Lipinski definition) is 2. The molecular formula is C15H31ClO2S. The first-order valence-corrected chi connectivity index (χ1v) is 9.73. The summed E-state index contributed by atoms with van der Waals surface area (Å²) in [6.07, 6.45) is 13.0. The maximum atomic E-state index is 11.6. The molecule has 0 saturated carbocycles. The van der Waals surface area contributed by atoms with Crippen LogP contribution in [0.2, 0.25) is 0 Å². The molecule has 0 rings (SSSR count). The Bertz CT molecular complexity index is 212. The van der Waals surface area contributed by atoms with Gasteiger partial charge in [-0.05, 0) is 6.42 Å².